The number of phenols is 1. The lowest BCUT2D eigenvalue weighted by atomic mass is 10.1. The zero-order valence-electron chi connectivity index (χ0n) is 11.1. The van der Waals surface area contributed by atoms with Gasteiger partial charge in [-0.2, -0.15) is 0 Å². The van der Waals surface area contributed by atoms with Crippen LogP contribution < -0.4 is 0 Å². The fraction of sp³-hybridized carbons (Fsp3) is 0.118. The molecule has 1 aliphatic rings. The molecule has 20 heavy (non-hydrogen) atoms. The number of carbonyl (C=O) groups is 1. The zero-order valence-corrected chi connectivity index (χ0v) is 11.9. The fourth-order valence-corrected chi connectivity index (χ4v) is 2.84. The van der Waals surface area contributed by atoms with Crippen molar-refractivity contribution in [1.82, 2.24) is 0 Å². The summed E-state index contributed by atoms with van der Waals surface area (Å²) in [4.78, 5) is 13.5. The maximum Gasteiger partial charge on any atom is 0.189 e. The Balaban J connectivity index is 1.95. The molecule has 1 N–H and O–H groups in total. The van der Waals surface area contributed by atoms with Crippen molar-refractivity contribution in [2.24, 2.45) is 0 Å². The van der Waals surface area contributed by atoms with Crippen LogP contribution in [-0.4, -0.2) is 17.1 Å². The third-order valence-electron chi connectivity index (χ3n) is 3.51. The number of hydrogen-bond donors (Lipinski definition) is 1. The van der Waals surface area contributed by atoms with Gasteiger partial charge in [0.05, 0.1) is 0 Å². The Kier molecular flexibility index (Phi) is 3.36. The molecule has 0 radical (unpaired) electrons. The van der Waals surface area contributed by atoms with E-state index >= 15 is 0 Å². The highest BCUT2D eigenvalue weighted by atomic mass is 32.2. The second kappa shape index (κ2) is 5.17. The maximum absolute atomic E-state index is 12.3. The smallest absolute Gasteiger partial charge is 0.189 e. The first kappa shape index (κ1) is 13.0. The molecule has 0 unspecified atom stereocenters. The summed E-state index contributed by atoms with van der Waals surface area (Å²) in [5.74, 6) is 0.224. The van der Waals surface area contributed by atoms with Gasteiger partial charge in [0.2, 0.25) is 0 Å². The van der Waals surface area contributed by atoms with E-state index in [0.29, 0.717) is 12.0 Å². The van der Waals surface area contributed by atoms with Crippen molar-refractivity contribution in [3.05, 3.63) is 64.7 Å². The molecule has 0 aromatic heterocycles. The van der Waals surface area contributed by atoms with Gasteiger partial charge in [-0.15, -0.1) is 11.8 Å². The molecule has 2 aromatic rings. The molecule has 0 saturated carbocycles. The lowest BCUT2D eigenvalue weighted by molar-refractivity contribution is 0.104. The number of aromatic hydroxyl groups is 1. The Bertz CT molecular complexity index is 699. The molecule has 0 fully saturated rings. The van der Waals surface area contributed by atoms with Gasteiger partial charge >= 0.3 is 0 Å². The lowest BCUT2D eigenvalue weighted by Gasteiger charge is -1.99. The molecule has 0 amide bonds. The molecule has 0 aliphatic heterocycles. The lowest BCUT2D eigenvalue weighted by Crippen LogP contribution is -1.94. The third-order valence-corrected chi connectivity index (χ3v) is 4.26. The van der Waals surface area contributed by atoms with Crippen molar-refractivity contribution < 1.29 is 9.90 Å². The molecule has 1 aliphatic carbocycles. The summed E-state index contributed by atoms with van der Waals surface area (Å²) >= 11 is 1.69. The molecule has 3 rings (SSSR count). The first-order valence-corrected chi connectivity index (χ1v) is 7.61. The maximum atomic E-state index is 12.3. The molecule has 0 saturated heterocycles. The molecule has 100 valence electrons. The Morgan fingerprint density at radius 2 is 1.90 bits per heavy atom. The quantitative estimate of drug-likeness (QED) is 0.669. The minimum Gasteiger partial charge on any atom is -0.508 e. The van der Waals surface area contributed by atoms with Crippen LogP contribution in [0.25, 0.3) is 6.08 Å². The standard InChI is InChI=1S/C17H14O2S/c1-20-13-7-5-11(6-8-13)9-12-10-15-14(17(12)19)3-2-4-16(15)18/h2-9,18H,10H2,1H3/b12-9+. The number of hydrogen-bond acceptors (Lipinski definition) is 3. The van der Waals surface area contributed by atoms with Crippen molar-refractivity contribution in [3.8, 4) is 5.75 Å². The Morgan fingerprint density at radius 1 is 1.15 bits per heavy atom. The molecule has 2 aromatic carbocycles. The third kappa shape index (κ3) is 2.25. The minimum atomic E-state index is 0.0184. The summed E-state index contributed by atoms with van der Waals surface area (Å²) in [5, 5.41) is 9.82. The van der Waals surface area contributed by atoms with E-state index < -0.39 is 0 Å². The Hall–Kier alpha value is -2.00. The van der Waals surface area contributed by atoms with Crippen LogP contribution in [0.3, 0.4) is 0 Å². The van der Waals surface area contributed by atoms with Gasteiger partial charge in [0.1, 0.15) is 5.75 Å². The predicted octanol–water partition coefficient (Wildman–Crippen LogP) is 3.94. The number of allylic oxidation sites excluding steroid dienone is 1. The van der Waals surface area contributed by atoms with E-state index in [1.165, 1.54) is 4.90 Å². The van der Waals surface area contributed by atoms with Crippen molar-refractivity contribution in [3.63, 3.8) is 0 Å². The summed E-state index contributed by atoms with van der Waals surface area (Å²) in [6, 6.07) is 13.2. The van der Waals surface area contributed by atoms with E-state index in [1.807, 2.05) is 36.6 Å². The largest absolute Gasteiger partial charge is 0.508 e. The molecule has 0 spiro atoms. The second-order valence-electron chi connectivity index (χ2n) is 4.75. The highest BCUT2D eigenvalue weighted by Gasteiger charge is 2.26. The zero-order chi connectivity index (χ0) is 14.1. The van der Waals surface area contributed by atoms with Crippen LogP contribution in [0.15, 0.2) is 52.9 Å². The second-order valence-corrected chi connectivity index (χ2v) is 5.63. The molecule has 0 atom stereocenters. The first-order chi connectivity index (χ1) is 9.69. The fourth-order valence-electron chi connectivity index (χ4n) is 2.43. The summed E-state index contributed by atoms with van der Waals surface area (Å²) < 4.78 is 0. The molecular formula is C17H14O2S. The van der Waals surface area contributed by atoms with Crippen LogP contribution in [0.5, 0.6) is 5.75 Å². The summed E-state index contributed by atoms with van der Waals surface area (Å²) in [5.41, 5.74) is 3.11. The SMILES string of the molecule is CSc1ccc(/C=C2\Cc3c(O)cccc3C2=O)cc1. The van der Waals surface area contributed by atoms with Crippen molar-refractivity contribution >= 4 is 23.6 Å². The van der Waals surface area contributed by atoms with Crippen molar-refractivity contribution in [2.45, 2.75) is 11.3 Å². The van der Waals surface area contributed by atoms with Crippen LogP contribution in [0.4, 0.5) is 0 Å². The normalized spacial score (nSPS) is 15.7. The van der Waals surface area contributed by atoms with E-state index in [0.717, 1.165) is 16.7 Å². The topological polar surface area (TPSA) is 37.3 Å². The van der Waals surface area contributed by atoms with Crippen LogP contribution >= 0.6 is 11.8 Å². The molecule has 3 heteroatoms. The number of phenolic OH excluding ortho intramolecular Hbond substituents is 1. The van der Waals surface area contributed by atoms with E-state index in [1.54, 1.807) is 30.0 Å². The van der Waals surface area contributed by atoms with E-state index in [4.69, 9.17) is 0 Å². The summed E-state index contributed by atoms with van der Waals surface area (Å²) in [7, 11) is 0. The van der Waals surface area contributed by atoms with E-state index in [-0.39, 0.29) is 11.5 Å². The monoisotopic (exact) mass is 282 g/mol. The number of fused-ring (bicyclic) bond motifs is 1. The number of ketones is 1. The molecular weight excluding hydrogens is 268 g/mol. The van der Waals surface area contributed by atoms with E-state index in [2.05, 4.69) is 0 Å². The van der Waals surface area contributed by atoms with Crippen molar-refractivity contribution in [2.75, 3.05) is 6.26 Å². The molecule has 0 heterocycles. The van der Waals surface area contributed by atoms with Gasteiger partial charge in [-0.3, -0.25) is 4.79 Å². The van der Waals surface area contributed by atoms with Crippen molar-refractivity contribution in [1.29, 1.82) is 0 Å². The minimum absolute atomic E-state index is 0.0184. The average molecular weight is 282 g/mol. The molecule has 0 bridgehead atoms. The summed E-state index contributed by atoms with van der Waals surface area (Å²) in [6.45, 7) is 0. The average Bonchev–Trinajstić information content (AvgIpc) is 2.79. The predicted molar refractivity (Wildman–Crippen MR) is 82.3 cm³/mol. The van der Waals surface area contributed by atoms with Gasteiger partial charge in [0, 0.05) is 28.0 Å². The highest BCUT2D eigenvalue weighted by molar-refractivity contribution is 7.98. The van der Waals surface area contributed by atoms with Gasteiger partial charge in [0.15, 0.2) is 5.78 Å². The number of benzene rings is 2. The Labute approximate surface area is 122 Å². The van der Waals surface area contributed by atoms with Crippen LogP contribution in [0, 0.1) is 0 Å². The molecule has 2 nitrogen and oxygen atoms in total. The highest BCUT2D eigenvalue weighted by Crippen LogP contribution is 2.33. The number of rotatable bonds is 2. The number of carbonyl (C=O) groups excluding carboxylic acids is 1. The first-order valence-electron chi connectivity index (χ1n) is 6.39. The van der Waals surface area contributed by atoms with Crippen LogP contribution in [0.1, 0.15) is 21.5 Å². The summed E-state index contributed by atoms with van der Waals surface area (Å²) in [6.07, 6.45) is 4.45. The van der Waals surface area contributed by atoms with Gasteiger partial charge in [-0.25, -0.2) is 0 Å². The van der Waals surface area contributed by atoms with Gasteiger partial charge in [-0.05, 0) is 36.1 Å². The number of thioether (sulfide) groups is 1. The number of Topliss-reactive ketones (excluding diaryl/α,β-unsaturated/α-hetero) is 1. The van der Waals surface area contributed by atoms with E-state index in [9.17, 15) is 9.90 Å². The van der Waals surface area contributed by atoms with Gasteiger partial charge < -0.3 is 5.11 Å². The Morgan fingerprint density at radius 3 is 2.55 bits per heavy atom. The van der Waals surface area contributed by atoms with Crippen LogP contribution in [-0.2, 0) is 6.42 Å². The van der Waals surface area contributed by atoms with Crippen LogP contribution in [0.2, 0.25) is 0 Å². The van der Waals surface area contributed by atoms with Gasteiger partial charge in [-0.1, -0.05) is 24.3 Å². The van der Waals surface area contributed by atoms with Gasteiger partial charge in [0.25, 0.3) is 0 Å².